The van der Waals surface area contributed by atoms with Crippen molar-refractivity contribution in [3.05, 3.63) is 65.0 Å². The molecule has 1 aromatic heterocycles. The molecule has 1 fully saturated rings. The van der Waals surface area contributed by atoms with Gasteiger partial charge in [0.15, 0.2) is 11.6 Å². The Hall–Kier alpha value is -2.85. The number of pyridine rings is 1. The zero-order valence-corrected chi connectivity index (χ0v) is 12.5. The molecule has 1 N–H and O–H groups in total. The van der Waals surface area contributed by atoms with Gasteiger partial charge in [0.2, 0.25) is 0 Å². The molecule has 7 heteroatoms. The monoisotopic (exact) mass is 329 g/mol. The van der Waals surface area contributed by atoms with E-state index in [0.717, 1.165) is 12.1 Å². The molecule has 0 bridgehead atoms. The first-order chi connectivity index (χ1) is 11.5. The zero-order chi connectivity index (χ0) is 17.3. The lowest BCUT2D eigenvalue weighted by molar-refractivity contribution is 0.0709. The second kappa shape index (κ2) is 6.34. The maximum atomic E-state index is 13.5. The normalized spacial score (nSPS) is 20.0. The Labute approximate surface area is 136 Å². The number of halogens is 2. The van der Waals surface area contributed by atoms with Crippen molar-refractivity contribution in [2.45, 2.75) is 18.6 Å². The van der Waals surface area contributed by atoms with Crippen LogP contribution < -0.4 is 0 Å². The summed E-state index contributed by atoms with van der Waals surface area (Å²) in [6.07, 6.45) is 0.797. The SMILES string of the molecule is N#Cc1ccnc(C(=O)N2CC(O)CC2c2ccc(F)c(F)c2)c1. The fourth-order valence-corrected chi connectivity index (χ4v) is 2.84. The Bertz CT molecular complexity index is 835. The van der Waals surface area contributed by atoms with Gasteiger partial charge in [-0.2, -0.15) is 5.26 Å². The van der Waals surface area contributed by atoms with Gasteiger partial charge >= 0.3 is 0 Å². The van der Waals surface area contributed by atoms with E-state index in [-0.39, 0.29) is 24.2 Å². The lowest BCUT2D eigenvalue weighted by Crippen LogP contribution is -2.32. The van der Waals surface area contributed by atoms with Gasteiger partial charge in [-0.1, -0.05) is 6.07 Å². The number of hydrogen-bond acceptors (Lipinski definition) is 4. The minimum atomic E-state index is -1.01. The Morgan fingerprint density at radius 2 is 2.08 bits per heavy atom. The van der Waals surface area contributed by atoms with Crippen LogP contribution in [0.15, 0.2) is 36.5 Å². The minimum Gasteiger partial charge on any atom is -0.391 e. The van der Waals surface area contributed by atoms with Gasteiger partial charge in [0.1, 0.15) is 5.69 Å². The van der Waals surface area contributed by atoms with Crippen molar-refractivity contribution in [3.63, 3.8) is 0 Å². The van der Waals surface area contributed by atoms with Crippen molar-refractivity contribution >= 4 is 5.91 Å². The lowest BCUT2D eigenvalue weighted by atomic mass is 10.0. The summed E-state index contributed by atoms with van der Waals surface area (Å²) in [4.78, 5) is 18.0. The molecule has 0 spiro atoms. The summed E-state index contributed by atoms with van der Waals surface area (Å²) in [6, 6.07) is 7.58. The fraction of sp³-hybridized carbons (Fsp3) is 0.235. The molecule has 1 aromatic carbocycles. The van der Waals surface area contributed by atoms with Gasteiger partial charge in [-0.05, 0) is 36.2 Å². The van der Waals surface area contributed by atoms with Gasteiger partial charge in [0.25, 0.3) is 5.91 Å². The predicted molar refractivity (Wildman–Crippen MR) is 79.7 cm³/mol. The van der Waals surface area contributed by atoms with E-state index < -0.39 is 29.7 Å². The summed E-state index contributed by atoms with van der Waals surface area (Å²) < 4.78 is 26.6. The molecule has 2 atom stereocenters. The van der Waals surface area contributed by atoms with Crippen molar-refractivity contribution in [2.75, 3.05) is 6.54 Å². The smallest absolute Gasteiger partial charge is 0.273 e. The minimum absolute atomic E-state index is 0.0565. The van der Waals surface area contributed by atoms with E-state index in [1.54, 1.807) is 0 Å². The number of aromatic nitrogens is 1. The summed E-state index contributed by atoms with van der Waals surface area (Å²) in [6.45, 7) is 0.0565. The molecule has 1 aliphatic rings. The number of likely N-dealkylation sites (tertiary alicyclic amines) is 1. The number of β-amino-alcohol motifs (C(OH)–C–C–N with tert-alkyl or cyclic N) is 1. The first-order valence-corrected chi connectivity index (χ1v) is 7.29. The summed E-state index contributed by atoms with van der Waals surface area (Å²) in [7, 11) is 0. The van der Waals surface area contributed by atoms with Gasteiger partial charge in [-0.25, -0.2) is 8.78 Å². The molecule has 1 saturated heterocycles. The molecule has 3 rings (SSSR count). The standard InChI is InChI=1S/C17H13F2N3O2/c18-13-2-1-11(6-14(13)19)16-7-12(23)9-22(16)17(24)15-5-10(8-20)3-4-21-15/h1-6,12,16,23H,7,9H2. The highest BCUT2D eigenvalue weighted by atomic mass is 19.2. The Morgan fingerprint density at radius 1 is 1.29 bits per heavy atom. The number of aliphatic hydroxyl groups excluding tert-OH is 1. The number of carbonyl (C=O) groups is 1. The second-order valence-electron chi connectivity index (χ2n) is 5.58. The van der Waals surface area contributed by atoms with Crippen molar-refractivity contribution in [1.82, 2.24) is 9.88 Å². The van der Waals surface area contributed by atoms with Gasteiger partial charge in [0, 0.05) is 12.7 Å². The average molecular weight is 329 g/mol. The quantitative estimate of drug-likeness (QED) is 0.916. The number of aliphatic hydroxyl groups is 1. The summed E-state index contributed by atoms with van der Waals surface area (Å²) in [5.41, 5.74) is 0.753. The third kappa shape index (κ3) is 2.96. The van der Waals surface area contributed by atoms with E-state index in [2.05, 4.69) is 4.98 Å². The number of nitriles is 1. The van der Waals surface area contributed by atoms with Crippen LogP contribution in [0, 0.1) is 23.0 Å². The summed E-state index contributed by atoms with van der Waals surface area (Å²) >= 11 is 0. The molecule has 0 radical (unpaired) electrons. The fourth-order valence-electron chi connectivity index (χ4n) is 2.84. The van der Waals surface area contributed by atoms with Crippen LogP contribution in [0.4, 0.5) is 8.78 Å². The van der Waals surface area contributed by atoms with Crippen molar-refractivity contribution in [2.24, 2.45) is 0 Å². The van der Waals surface area contributed by atoms with Gasteiger partial charge in [-0.3, -0.25) is 9.78 Å². The first kappa shape index (κ1) is 16.0. The van der Waals surface area contributed by atoms with Crippen LogP contribution in [0.3, 0.4) is 0 Å². The van der Waals surface area contributed by atoms with Crippen LogP contribution in [0.25, 0.3) is 0 Å². The number of rotatable bonds is 2. The third-order valence-corrected chi connectivity index (χ3v) is 3.98. The third-order valence-electron chi connectivity index (χ3n) is 3.98. The summed E-state index contributed by atoms with van der Waals surface area (Å²) in [5.74, 6) is -2.46. The van der Waals surface area contributed by atoms with Crippen LogP contribution in [0.2, 0.25) is 0 Å². The van der Waals surface area contributed by atoms with Crippen LogP contribution in [-0.4, -0.2) is 33.5 Å². The highest BCUT2D eigenvalue weighted by Crippen LogP contribution is 2.33. The maximum absolute atomic E-state index is 13.5. The van der Waals surface area contributed by atoms with Crippen LogP contribution in [0.5, 0.6) is 0 Å². The van der Waals surface area contributed by atoms with Crippen LogP contribution in [0.1, 0.15) is 34.1 Å². The predicted octanol–water partition coefficient (Wildman–Crippen LogP) is 2.18. The molecule has 24 heavy (non-hydrogen) atoms. The van der Waals surface area contributed by atoms with E-state index in [1.807, 2.05) is 6.07 Å². The van der Waals surface area contributed by atoms with E-state index in [4.69, 9.17) is 5.26 Å². The molecule has 2 unspecified atom stereocenters. The van der Waals surface area contributed by atoms with Crippen molar-refractivity contribution in [3.8, 4) is 6.07 Å². The molecule has 1 amide bonds. The maximum Gasteiger partial charge on any atom is 0.273 e. The average Bonchev–Trinajstić information content (AvgIpc) is 2.98. The van der Waals surface area contributed by atoms with E-state index >= 15 is 0 Å². The van der Waals surface area contributed by atoms with Gasteiger partial charge in [0.05, 0.1) is 23.8 Å². The molecular weight excluding hydrogens is 316 g/mol. The number of nitrogens with zero attached hydrogens (tertiary/aromatic N) is 3. The number of carbonyl (C=O) groups excluding carboxylic acids is 1. The Balaban J connectivity index is 1.93. The highest BCUT2D eigenvalue weighted by molar-refractivity contribution is 5.93. The van der Waals surface area contributed by atoms with Crippen molar-refractivity contribution < 1.29 is 18.7 Å². The van der Waals surface area contributed by atoms with E-state index in [9.17, 15) is 18.7 Å². The highest BCUT2D eigenvalue weighted by Gasteiger charge is 2.36. The zero-order valence-electron chi connectivity index (χ0n) is 12.5. The van der Waals surface area contributed by atoms with E-state index in [1.165, 1.54) is 29.3 Å². The Kier molecular flexibility index (Phi) is 4.23. The molecule has 122 valence electrons. The van der Waals surface area contributed by atoms with Crippen molar-refractivity contribution in [1.29, 1.82) is 5.26 Å². The molecule has 2 heterocycles. The molecule has 1 aliphatic heterocycles. The van der Waals surface area contributed by atoms with Gasteiger partial charge < -0.3 is 10.0 Å². The van der Waals surface area contributed by atoms with Crippen LogP contribution >= 0.6 is 0 Å². The molecular formula is C17H13F2N3O2. The number of hydrogen-bond donors (Lipinski definition) is 1. The summed E-state index contributed by atoms with van der Waals surface area (Å²) in [5, 5.41) is 18.8. The van der Waals surface area contributed by atoms with Gasteiger partial charge in [-0.15, -0.1) is 0 Å². The van der Waals surface area contributed by atoms with E-state index in [0.29, 0.717) is 5.56 Å². The lowest BCUT2D eigenvalue weighted by Gasteiger charge is -2.24. The number of amides is 1. The first-order valence-electron chi connectivity index (χ1n) is 7.29. The van der Waals surface area contributed by atoms with Crippen LogP contribution in [-0.2, 0) is 0 Å². The molecule has 5 nitrogen and oxygen atoms in total. The second-order valence-corrected chi connectivity index (χ2v) is 5.58. The molecule has 0 aliphatic carbocycles. The molecule has 0 saturated carbocycles. The number of benzene rings is 1. The Morgan fingerprint density at radius 3 is 2.79 bits per heavy atom. The topological polar surface area (TPSA) is 77.2 Å². The molecule has 2 aromatic rings. The largest absolute Gasteiger partial charge is 0.391 e.